The quantitative estimate of drug-likeness (QED) is 0.783. The molecule has 1 heterocycles. The number of carbonyl (C=O) groups excluding carboxylic acids is 1. The number of rotatable bonds is 1. The summed E-state index contributed by atoms with van der Waals surface area (Å²) in [4.78, 5) is 14.8. The van der Waals surface area contributed by atoms with Crippen LogP contribution in [-0.4, -0.2) is 16.4 Å². The fourth-order valence-electron chi connectivity index (χ4n) is 1.65. The topological polar surface area (TPSA) is 44.9 Å². The van der Waals surface area contributed by atoms with Crippen molar-refractivity contribution in [2.24, 2.45) is 0 Å². The maximum Gasteiger partial charge on any atom is 0.268 e. The molecule has 17 heavy (non-hydrogen) atoms. The number of amides is 1. The van der Waals surface area contributed by atoms with E-state index in [-0.39, 0.29) is 17.3 Å². The van der Waals surface area contributed by atoms with Gasteiger partial charge in [0, 0.05) is 16.4 Å². The number of hydrogen-bond acceptors (Lipinski definition) is 1. The van der Waals surface area contributed by atoms with Gasteiger partial charge in [-0.3, -0.25) is 4.79 Å². The molecule has 0 spiro atoms. The predicted octanol–water partition coefficient (Wildman–Crippen LogP) is 2.84. The zero-order valence-corrected chi connectivity index (χ0v) is 10.1. The first-order valence-electron chi connectivity index (χ1n) is 5.46. The number of aromatic amines is 1. The summed E-state index contributed by atoms with van der Waals surface area (Å²) in [5.74, 6) is -0.554. The Labute approximate surface area is 99.0 Å². The SMILES string of the molecule is CC(C)(C)NC(=O)c1cc2c(F)cccc2[nH]1. The van der Waals surface area contributed by atoms with Crippen LogP contribution in [0.1, 0.15) is 31.3 Å². The molecule has 0 fully saturated rings. The lowest BCUT2D eigenvalue weighted by atomic mass is 10.1. The summed E-state index contributed by atoms with van der Waals surface area (Å²) in [6, 6.07) is 6.26. The van der Waals surface area contributed by atoms with Gasteiger partial charge in [0.05, 0.1) is 0 Å². The van der Waals surface area contributed by atoms with E-state index in [9.17, 15) is 9.18 Å². The predicted molar refractivity (Wildman–Crippen MR) is 65.5 cm³/mol. The van der Waals surface area contributed by atoms with Gasteiger partial charge in [-0.2, -0.15) is 0 Å². The third-order valence-electron chi connectivity index (χ3n) is 2.34. The highest BCUT2D eigenvalue weighted by Gasteiger charge is 2.17. The molecule has 3 nitrogen and oxygen atoms in total. The van der Waals surface area contributed by atoms with Gasteiger partial charge < -0.3 is 10.3 Å². The zero-order chi connectivity index (χ0) is 12.6. The van der Waals surface area contributed by atoms with Crippen LogP contribution in [0.2, 0.25) is 0 Å². The highest BCUT2D eigenvalue weighted by atomic mass is 19.1. The Balaban J connectivity index is 2.37. The summed E-state index contributed by atoms with van der Waals surface area (Å²) >= 11 is 0. The van der Waals surface area contributed by atoms with E-state index in [1.165, 1.54) is 12.1 Å². The summed E-state index contributed by atoms with van der Waals surface area (Å²) in [5.41, 5.74) is 0.691. The van der Waals surface area contributed by atoms with Crippen LogP contribution in [0.4, 0.5) is 4.39 Å². The van der Waals surface area contributed by atoms with Crippen molar-refractivity contribution in [3.8, 4) is 0 Å². The number of halogens is 1. The third kappa shape index (κ3) is 2.46. The molecule has 0 aliphatic heterocycles. The van der Waals surface area contributed by atoms with E-state index >= 15 is 0 Å². The van der Waals surface area contributed by atoms with Crippen LogP contribution < -0.4 is 5.32 Å². The van der Waals surface area contributed by atoms with E-state index in [0.717, 1.165) is 0 Å². The van der Waals surface area contributed by atoms with Crippen molar-refractivity contribution in [1.82, 2.24) is 10.3 Å². The normalized spacial score (nSPS) is 11.8. The average molecular weight is 234 g/mol. The van der Waals surface area contributed by atoms with Crippen molar-refractivity contribution in [2.75, 3.05) is 0 Å². The Kier molecular flexibility index (Phi) is 2.65. The van der Waals surface area contributed by atoms with Crippen molar-refractivity contribution in [1.29, 1.82) is 0 Å². The van der Waals surface area contributed by atoms with Crippen molar-refractivity contribution in [3.63, 3.8) is 0 Å². The summed E-state index contributed by atoms with van der Waals surface area (Å²) in [6.07, 6.45) is 0. The molecule has 0 aliphatic carbocycles. The molecule has 0 radical (unpaired) electrons. The molecule has 2 rings (SSSR count). The minimum absolute atomic E-state index is 0.229. The lowest BCUT2D eigenvalue weighted by Gasteiger charge is -2.19. The van der Waals surface area contributed by atoms with Gasteiger partial charge in [0.15, 0.2) is 0 Å². The molecule has 90 valence electrons. The molecule has 4 heteroatoms. The van der Waals surface area contributed by atoms with Crippen LogP contribution in [0.5, 0.6) is 0 Å². The largest absolute Gasteiger partial charge is 0.350 e. The van der Waals surface area contributed by atoms with E-state index in [2.05, 4.69) is 10.3 Å². The summed E-state index contributed by atoms with van der Waals surface area (Å²) in [7, 11) is 0. The maximum atomic E-state index is 13.4. The Hall–Kier alpha value is -1.84. The molecule has 2 aromatic rings. The molecule has 0 aliphatic rings. The van der Waals surface area contributed by atoms with E-state index in [4.69, 9.17) is 0 Å². The summed E-state index contributed by atoms with van der Waals surface area (Å²) in [6.45, 7) is 5.69. The van der Waals surface area contributed by atoms with Gasteiger partial charge in [0.1, 0.15) is 11.5 Å². The first-order valence-corrected chi connectivity index (χ1v) is 5.46. The molecule has 0 atom stereocenters. The second-order valence-electron chi connectivity index (χ2n) is 5.09. The zero-order valence-electron chi connectivity index (χ0n) is 10.1. The third-order valence-corrected chi connectivity index (χ3v) is 2.34. The highest BCUT2D eigenvalue weighted by molar-refractivity contribution is 5.98. The molecule has 0 bridgehead atoms. The van der Waals surface area contributed by atoms with Gasteiger partial charge in [-0.15, -0.1) is 0 Å². The number of nitrogens with one attached hydrogen (secondary N) is 2. The second-order valence-corrected chi connectivity index (χ2v) is 5.09. The number of carbonyl (C=O) groups is 1. The molecule has 0 saturated heterocycles. The smallest absolute Gasteiger partial charge is 0.268 e. The van der Waals surface area contributed by atoms with Crippen LogP contribution in [0.3, 0.4) is 0 Å². The van der Waals surface area contributed by atoms with E-state index in [1.54, 1.807) is 12.1 Å². The summed E-state index contributed by atoms with van der Waals surface area (Å²) < 4.78 is 13.4. The van der Waals surface area contributed by atoms with Crippen molar-refractivity contribution in [3.05, 3.63) is 35.8 Å². The molecule has 1 aromatic carbocycles. The monoisotopic (exact) mass is 234 g/mol. The first kappa shape index (κ1) is 11.6. The molecule has 1 aromatic heterocycles. The van der Waals surface area contributed by atoms with Crippen molar-refractivity contribution >= 4 is 16.8 Å². The van der Waals surface area contributed by atoms with Gasteiger partial charge in [-0.05, 0) is 39.0 Å². The molecule has 1 amide bonds. The minimum atomic E-state index is -0.325. The number of aromatic nitrogens is 1. The first-order chi connectivity index (χ1) is 7.87. The standard InChI is InChI=1S/C13H15FN2O/c1-13(2,3)16-12(17)11-7-8-9(14)5-4-6-10(8)15-11/h4-7,15H,1-3H3,(H,16,17). The van der Waals surface area contributed by atoms with E-state index < -0.39 is 0 Å². The summed E-state index contributed by atoms with van der Waals surface area (Å²) in [5, 5.41) is 3.26. The van der Waals surface area contributed by atoms with Crippen LogP contribution in [0.25, 0.3) is 10.9 Å². The number of hydrogen-bond donors (Lipinski definition) is 2. The average Bonchev–Trinajstić information content (AvgIpc) is 2.60. The van der Waals surface area contributed by atoms with Crippen molar-refractivity contribution in [2.45, 2.75) is 26.3 Å². The van der Waals surface area contributed by atoms with Crippen LogP contribution in [0.15, 0.2) is 24.3 Å². The second kappa shape index (κ2) is 3.87. The van der Waals surface area contributed by atoms with Gasteiger partial charge in [0.25, 0.3) is 5.91 Å². The highest BCUT2D eigenvalue weighted by Crippen LogP contribution is 2.18. The van der Waals surface area contributed by atoms with E-state index in [1.807, 2.05) is 20.8 Å². The Morgan fingerprint density at radius 2 is 2.06 bits per heavy atom. The minimum Gasteiger partial charge on any atom is -0.350 e. The molecule has 2 N–H and O–H groups in total. The van der Waals surface area contributed by atoms with Crippen molar-refractivity contribution < 1.29 is 9.18 Å². The Morgan fingerprint density at radius 3 is 2.65 bits per heavy atom. The van der Waals surface area contributed by atoms with E-state index in [0.29, 0.717) is 16.6 Å². The molecular weight excluding hydrogens is 219 g/mol. The van der Waals surface area contributed by atoms with Gasteiger partial charge in [0.2, 0.25) is 0 Å². The lowest BCUT2D eigenvalue weighted by molar-refractivity contribution is 0.0915. The maximum absolute atomic E-state index is 13.4. The van der Waals surface area contributed by atoms with Gasteiger partial charge in [-0.25, -0.2) is 4.39 Å². The number of H-pyrrole nitrogens is 1. The van der Waals surface area contributed by atoms with Crippen LogP contribution >= 0.6 is 0 Å². The van der Waals surface area contributed by atoms with Crippen LogP contribution in [-0.2, 0) is 0 Å². The Morgan fingerprint density at radius 1 is 1.35 bits per heavy atom. The number of benzene rings is 1. The fraction of sp³-hybridized carbons (Fsp3) is 0.308. The molecular formula is C13H15FN2O. The number of fused-ring (bicyclic) bond motifs is 1. The van der Waals surface area contributed by atoms with Gasteiger partial charge >= 0.3 is 0 Å². The molecule has 0 unspecified atom stereocenters. The molecule has 0 saturated carbocycles. The fourth-order valence-corrected chi connectivity index (χ4v) is 1.65. The lowest BCUT2D eigenvalue weighted by Crippen LogP contribution is -2.40. The van der Waals surface area contributed by atoms with Gasteiger partial charge in [-0.1, -0.05) is 6.07 Å². The van der Waals surface area contributed by atoms with Crippen LogP contribution in [0, 0.1) is 5.82 Å². The Bertz CT molecular complexity index is 566.